The van der Waals surface area contributed by atoms with E-state index in [4.69, 9.17) is 0 Å². The van der Waals surface area contributed by atoms with Crippen LogP contribution in [0, 0.1) is 6.92 Å². The van der Waals surface area contributed by atoms with Gasteiger partial charge in [0.05, 0.1) is 16.8 Å². The number of fused-ring (bicyclic) bond motifs is 1. The van der Waals surface area contributed by atoms with Gasteiger partial charge in [0, 0.05) is 36.8 Å². The Kier molecular flexibility index (Phi) is 5.33. The van der Waals surface area contributed by atoms with Gasteiger partial charge in [-0.05, 0) is 25.1 Å². The lowest BCUT2D eigenvalue weighted by molar-refractivity contribution is -0.116. The molecule has 3 amide bonds. The van der Waals surface area contributed by atoms with Crippen LogP contribution in [-0.2, 0) is 10.2 Å². The number of hydrogen-bond acceptors (Lipinski definition) is 6. The zero-order chi connectivity index (χ0) is 23.0. The van der Waals surface area contributed by atoms with Crippen LogP contribution in [0.5, 0.6) is 0 Å². The van der Waals surface area contributed by atoms with Gasteiger partial charge >= 0.3 is 0 Å². The van der Waals surface area contributed by atoms with Gasteiger partial charge in [-0.1, -0.05) is 32.4 Å². The Balaban J connectivity index is 1.50. The lowest BCUT2D eigenvalue weighted by atomic mass is 9.92. The molecular formula is C23H24N6O3. The maximum atomic E-state index is 12.7. The number of nitrogens with zero attached hydrogens (tertiary/aromatic N) is 5. The molecule has 3 aromatic rings. The molecule has 0 bridgehead atoms. The van der Waals surface area contributed by atoms with Crippen molar-refractivity contribution >= 4 is 23.5 Å². The Bertz CT molecular complexity index is 1210. The van der Waals surface area contributed by atoms with Crippen molar-refractivity contribution in [3.8, 4) is 5.95 Å². The first-order valence-electron chi connectivity index (χ1n) is 10.3. The smallest absolute Gasteiger partial charge is 0.261 e. The third-order valence-corrected chi connectivity index (χ3v) is 5.18. The molecule has 164 valence electrons. The number of carbonyl (C=O) groups is 3. The maximum absolute atomic E-state index is 12.7. The van der Waals surface area contributed by atoms with Crippen molar-refractivity contribution in [2.24, 2.45) is 0 Å². The molecule has 0 fully saturated rings. The van der Waals surface area contributed by atoms with Crippen molar-refractivity contribution < 1.29 is 14.4 Å². The number of anilines is 1. The van der Waals surface area contributed by atoms with Crippen LogP contribution < -0.4 is 5.32 Å². The fourth-order valence-electron chi connectivity index (χ4n) is 3.42. The Labute approximate surface area is 185 Å². The first kappa shape index (κ1) is 21.4. The average molecular weight is 432 g/mol. The molecule has 0 spiro atoms. The van der Waals surface area contributed by atoms with Crippen LogP contribution in [-0.4, -0.2) is 48.9 Å². The van der Waals surface area contributed by atoms with Gasteiger partial charge in [-0.3, -0.25) is 19.3 Å². The highest BCUT2D eigenvalue weighted by molar-refractivity contribution is 6.21. The molecule has 0 aliphatic carbocycles. The molecule has 9 nitrogen and oxygen atoms in total. The number of benzene rings is 1. The monoisotopic (exact) mass is 432 g/mol. The van der Waals surface area contributed by atoms with Crippen molar-refractivity contribution in [2.75, 3.05) is 11.9 Å². The predicted molar refractivity (Wildman–Crippen MR) is 118 cm³/mol. The summed E-state index contributed by atoms with van der Waals surface area (Å²) in [5.74, 6) is -0.358. The first-order valence-corrected chi connectivity index (χ1v) is 10.3. The second-order valence-corrected chi connectivity index (χ2v) is 8.73. The zero-order valence-corrected chi connectivity index (χ0v) is 18.4. The van der Waals surface area contributed by atoms with E-state index in [2.05, 4.69) is 20.4 Å². The van der Waals surface area contributed by atoms with Crippen LogP contribution in [0.15, 0.2) is 42.7 Å². The maximum Gasteiger partial charge on any atom is 0.261 e. The second kappa shape index (κ2) is 7.99. The van der Waals surface area contributed by atoms with Crippen molar-refractivity contribution in [1.29, 1.82) is 0 Å². The molecule has 0 radical (unpaired) electrons. The summed E-state index contributed by atoms with van der Waals surface area (Å²) in [5, 5.41) is 7.38. The number of rotatable bonds is 5. The standard InChI is InChI=1S/C23H24N6O3/c1-14-6-7-15-16(12-14)21(32)28(20(15)31)11-8-19(30)26-18-13-17(23(2,3)4)27-29(18)22-24-9-5-10-25-22/h5-7,9-10,12-13H,8,11H2,1-4H3,(H,26,30). The number of imide groups is 1. The van der Waals surface area contributed by atoms with Gasteiger partial charge in [0.2, 0.25) is 5.91 Å². The fourth-order valence-corrected chi connectivity index (χ4v) is 3.42. The van der Waals surface area contributed by atoms with Gasteiger partial charge < -0.3 is 5.32 Å². The molecule has 9 heteroatoms. The molecule has 32 heavy (non-hydrogen) atoms. The predicted octanol–water partition coefficient (Wildman–Crippen LogP) is 2.89. The van der Waals surface area contributed by atoms with Gasteiger partial charge in [-0.15, -0.1) is 0 Å². The van der Waals surface area contributed by atoms with Crippen LogP contribution in [0.3, 0.4) is 0 Å². The molecule has 0 unspecified atom stereocenters. The summed E-state index contributed by atoms with van der Waals surface area (Å²) in [6.07, 6.45) is 3.14. The lowest BCUT2D eigenvalue weighted by Gasteiger charge is -2.13. The highest BCUT2D eigenvalue weighted by Gasteiger charge is 2.35. The Morgan fingerprint density at radius 3 is 2.41 bits per heavy atom. The number of aromatic nitrogens is 4. The van der Waals surface area contributed by atoms with Crippen LogP contribution >= 0.6 is 0 Å². The van der Waals surface area contributed by atoms with E-state index in [1.165, 1.54) is 4.68 Å². The van der Waals surface area contributed by atoms with Crippen molar-refractivity contribution in [3.05, 3.63) is 65.1 Å². The normalized spacial score (nSPS) is 13.4. The van der Waals surface area contributed by atoms with E-state index in [-0.39, 0.29) is 36.1 Å². The Morgan fingerprint density at radius 2 is 1.72 bits per heavy atom. The summed E-state index contributed by atoms with van der Waals surface area (Å²) < 4.78 is 1.48. The van der Waals surface area contributed by atoms with Gasteiger partial charge in [0.25, 0.3) is 17.8 Å². The van der Waals surface area contributed by atoms with Crippen molar-refractivity contribution in [2.45, 2.75) is 39.5 Å². The number of aryl methyl sites for hydroxylation is 1. The Hall–Kier alpha value is -3.88. The SMILES string of the molecule is Cc1ccc2c(c1)C(=O)N(CCC(=O)Nc1cc(C(C)(C)C)nn1-c1ncccn1)C2=O. The number of hydrogen-bond donors (Lipinski definition) is 1. The third-order valence-electron chi connectivity index (χ3n) is 5.18. The highest BCUT2D eigenvalue weighted by atomic mass is 16.2. The minimum Gasteiger partial charge on any atom is -0.310 e. The largest absolute Gasteiger partial charge is 0.310 e. The van der Waals surface area contributed by atoms with Gasteiger partial charge in [0.1, 0.15) is 5.82 Å². The molecule has 2 aromatic heterocycles. The zero-order valence-electron chi connectivity index (χ0n) is 18.4. The summed E-state index contributed by atoms with van der Waals surface area (Å²) in [6, 6.07) is 8.61. The van der Waals surface area contributed by atoms with E-state index in [0.29, 0.717) is 22.9 Å². The van der Waals surface area contributed by atoms with Gasteiger partial charge in [-0.2, -0.15) is 9.78 Å². The van der Waals surface area contributed by atoms with Crippen LogP contribution in [0.2, 0.25) is 0 Å². The minimum atomic E-state index is -0.379. The molecule has 0 saturated carbocycles. The van der Waals surface area contributed by atoms with E-state index in [1.807, 2.05) is 27.7 Å². The third kappa shape index (κ3) is 4.01. The summed E-state index contributed by atoms with van der Waals surface area (Å²) in [7, 11) is 0. The molecule has 3 heterocycles. The second-order valence-electron chi connectivity index (χ2n) is 8.73. The fraction of sp³-hybridized carbons (Fsp3) is 0.304. The topological polar surface area (TPSA) is 110 Å². The molecule has 1 N–H and O–H groups in total. The van der Waals surface area contributed by atoms with Crippen LogP contribution in [0.1, 0.15) is 59.2 Å². The number of carbonyl (C=O) groups excluding carboxylic acids is 3. The molecule has 0 atom stereocenters. The highest BCUT2D eigenvalue weighted by Crippen LogP contribution is 2.26. The van der Waals surface area contributed by atoms with E-state index in [1.54, 1.807) is 42.7 Å². The summed E-state index contributed by atoms with van der Waals surface area (Å²) in [4.78, 5) is 47.5. The van der Waals surface area contributed by atoms with Crippen LogP contribution in [0.25, 0.3) is 5.95 Å². The summed E-state index contributed by atoms with van der Waals surface area (Å²) >= 11 is 0. The van der Waals surface area contributed by atoms with E-state index < -0.39 is 0 Å². The molecule has 1 aliphatic rings. The Morgan fingerprint density at radius 1 is 1.03 bits per heavy atom. The van der Waals surface area contributed by atoms with Crippen molar-refractivity contribution in [3.63, 3.8) is 0 Å². The molecular weight excluding hydrogens is 408 g/mol. The van der Waals surface area contributed by atoms with Gasteiger partial charge in [-0.25, -0.2) is 9.97 Å². The van der Waals surface area contributed by atoms with Crippen LogP contribution in [0.4, 0.5) is 5.82 Å². The summed E-state index contributed by atoms with van der Waals surface area (Å²) in [5.41, 5.74) is 2.16. The number of amides is 3. The lowest BCUT2D eigenvalue weighted by Crippen LogP contribution is -2.33. The number of nitrogens with one attached hydrogen (secondary N) is 1. The molecule has 4 rings (SSSR count). The first-order chi connectivity index (χ1) is 15.1. The average Bonchev–Trinajstić information content (AvgIpc) is 3.27. The van der Waals surface area contributed by atoms with Crippen molar-refractivity contribution in [1.82, 2.24) is 24.6 Å². The van der Waals surface area contributed by atoms with E-state index in [0.717, 1.165) is 16.2 Å². The van der Waals surface area contributed by atoms with Gasteiger partial charge in [0.15, 0.2) is 0 Å². The van der Waals surface area contributed by atoms with E-state index >= 15 is 0 Å². The van der Waals surface area contributed by atoms with E-state index in [9.17, 15) is 14.4 Å². The minimum absolute atomic E-state index is 0.0146. The quantitative estimate of drug-likeness (QED) is 0.621. The molecule has 0 saturated heterocycles. The summed E-state index contributed by atoms with van der Waals surface area (Å²) in [6.45, 7) is 7.89. The molecule has 1 aromatic carbocycles. The molecule has 1 aliphatic heterocycles.